The van der Waals surface area contributed by atoms with Crippen LogP contribution in [0.1, 0.15) is 23.2 Å². The molecule has 0 spiro atoms. The molecular formula is C18H14ClN3O4. The van der Waals surface area contributed by atoms with E-state index in [1.807, 2.05) is 0 Å². The molecule has 132 valence electrons. The van der Waals surface area contributed by atoms with Crippen molar-refractivity contribution in [1.29, 1.82) is 0 Å². The lowest BCUT2D eigenvalue weighted by atomic mass is 10.2. The van der Waals surface area contributed by atoms with E-state index in [0.717, 1.165) is 0 Å². The molecule has 0 aliphatic rings. The quantitative estimate of drug-likeness (QED) is 0.687. The average Bonchev–Trinajstić information content (AvgIpc) is 3.09. The third-order valence-electron chi connectivity index (χ3n) is 3.30. The molecule has 26 heavy (non-hydrogen) atoms. The fourth-order valence-corrected chi connectivity index (χ4v) is 2.28. The van der Waals surface area contributed by atoms with Crippen LogP contribution < -0.4 is 5.32 Å². The highest BCUT2D eigenvalue weighted by Crippen LogP contribution is 2.20. The molecule has 1 heterocycles. The zero-order valence-corrected chi connectivity index (χ0v) is 14.5. The van der Waals surface area contributed by atoms with Gasteiger partial charge in [0.25, 0.3) is 5.89 Å². The Morgan fingerprint density at radius 3 is 2.65 bits per heavy atom. The summed E-state index contributed by atoms with van der Waals surface area (Å²) in [6, 6.07) is 13.4. The van der Waals surface area contributed by atoms with Gasteiger partial charge < -0.3 is 14.5 Å². The van der Waals surface area contributed by atoms with Gasteiger partial charge in [-0.3, -0.25) is 4.79 Å². The second kappa shape index (κ2) is 7.79. The summed E-state index contributed by atoms with van der Waals surface area (Å²) in [5.41, 5.74) is 1.52. The number of carbonyl (C=O) groups excluding carboxylic acids is 2. The van der Waals surface area contributed by atoms with Crippen LogP contribution >= 0.6 is 11.6 Å². The summed E-state index contributed by atoms with van der Waals surface area (Å²) in [7, 11) is 0. The lowest BCUT2D eigenvalue weighted by Crippen LogP contribution is -2.09. The predicted molar refractivity (Wildman–Crippen MR) is 94.6 cm³/mol. The number of hydrogen-bond acceptors (Lipinski definition) is 6. The Morgan fingerprint density at radius 2 is 1.92 bits per heavy atom. The topological polar surface area (TPSA) is 94.3 Å². The number of esters is 1. The minimum atomic E-state index is -0.566. The number of carbonyl (C=O) groups is 2. The molecule has 0 atom stereocenters. The van der Waals surface area contributed by atoms with Crippen LogP contribution in [0.4, 0.5) is 5.69 Å². The Bertz CT molecular complexity index is 938. The van der Waals surface area contributed by atoms with E-state index in [1.54, 1.807) is 42.5 Å². The monoisotopic (exact) mass is 371 g/mol. The van der Waals surface area contributed by atoms with Crippen molar-refractivity contribution in [3.8, 4) is 11.5 Å². The second-order valence-corrected chi connectivity index (χ2v) is 5.78. The van der Waals surface area contributed by atoms with Crippen molar-refractivity contribution in [1.82, 2.24) is 10.2 Å². The Kier molecular flexibility index (Phi) is 5.28. The molecule has 0 fully saturated rings. The van der Waals surface area contributed by atoms with Gasteiger partial charge in [0.1, 0.15) is 0 Å². The number of anilines is 1. The van der Waals surface area contributed by atoms with Crippen LogP contribution in [0.5, 0.6) is 0 Å². The van der Waals surface area contributed by atoms with Gasteiger partial charge >= 0.3 is 5.97 Å². The Hall–Kier alpha value is -3.19. The van der Waals surface area contributed by atoms with Crippen molar-refractivity contribution in [3.63, 3.8) is 0 Å². The van der Waals surface area contributed by atoms with Crippen LogP contribution in [0, 0.1) is 0 Å². The maximum absolute atomic E-state index is 12.1. The Labute approximate surface area is 153 Å². The maximum Gasteiger partial charge on any atom is 0.338 e. The first-order chi connectivity index (χ1) is 12.5. The number of ether oxygens (including phenoxy) is 1. The summed E-state index contributed by atoms with van der Waals surface area (Å²) < 4.78 is 10.6. The molecule has 7 nitrogen and oxygen atoms in total. The molecule has 0 saturated carbocycles. The normalized spacial score (nSPS) is 10.4. The number of nitrogens with zero attached hydrogens (tertiary/aromatic N) is 2. The Balaban J connectivity index is 1.63. The fraction of sp³-hybridized carbons (Fsp3) is 0.111. The first-order valence-corrected chi connectivity index (χ1v) is 8.02. The molecule has 0 radical (unpaired) electrons. The molecule has 1 amide bonds. The number of rotatable bonds is 5. The van der Waals surface area contributed by atoms with Crippen molar-refractivity contribution >= 4 is 29.2 Å². The van der Waals surface area contributed by atoms with Crippen LogP contribution in [0.15, 0.2) is 52.9 Å². The van der Waals surface area contributed by atoms with E-state index in [1.165, 1.54) is 13.0 Å². The molecule has 3 rings (SSSR count). The fourth-order valence-electron chi connectivity index (χ4n) is 2.16. The van der Waals surface area contributed by atoms with Crippen molar-refractivity contribution in [2.75, 3.05) is 5.32 Å². The molecule has 0 saturated heterocycles. The number of amides is 1. The van der Waals surface area contributed by atoms with Gasteiger partial charge in [-0.2, -0.15) is 0 Å². The van der Waals surface area contributed by atoms with Gasteiger partial charge in [-0.15, -0.1) is 10.2 Å². The van der Waals surface area contributed by atoms with Crippen LogP contribution in [0.25, 0.3) is 11.5 Å². The summed E-state index contributed by atoms with van der Waals surface area (Å²) in [5.74, 6) is -0.318. The van der Waals surface area contributed by atoms with E-state index < -0.39 is 5.97 Å². The van der Waals surface area contributed by atoms with Crippen molar-refractivity contribution in [3.05, 3.63) is 65.0 Å². The van der Waals surface area contributed by atoms with Gasteiger partial charge in [-0.05, 0) is 42.5 Å². The summed E-state index contributed by atoms with van der Waals surface area (Å²) in [6.07, 6.45) is 0. The minimum absolute atomic E-state index is 0.163. The van der Waals surface area contributed by atoms with E-state index in [0.29, 0.717) is 27.7 Å². The van der Waals surface area contributed by atoms with Crippen LogP contribution in [0.2, 0.25) is 5.02 Å². The van der Waals surface area contributed by atoms with Gasteiger partial charge in [-0.1, -0.05) is 17.7 Å². The van der Waals surface area contributed by atoms with Gasteiger partial charge in [-0.25, -0.2) is 4.79 Å². The molecule has 1 N–H and O–H groups in total. The van der Waals surface area contributed by atoms with E-state index in [9.17, 15) is 9.59 Å². The highest BCUT2D eigenvalue weighted by Gasteiger charge is 2.13. The highest BCUT2D eigenvalue weighted by atomic mass is 35.5. The molecule has 3 aromatic rings. The molecule has 1 aromatic heterocycles. The zero-order valence-electron chi connectivity index (χ0n) is 13.7. The van der Waals surface area contributed by atoms with Crippen molar-refractivity contribution in [2.24, 2.45) is 0 Å². The molecule has 2 aromatic carbocycles. The van der Waals surface area contributed by atoms with Gasteiger partial charge in [0.15, 0.2) is 6.61 Å². The number of nitrogens with one attached hydrogen (secondary N) is 1. The van der Waals surface area contributed by atoms with Crippen molar-refractivity contribution in [2.45, 2.75) is 13.5 Å². The first-order valence-electron chi connectivity index (χ1n) is 7.64. The molecule has 0 aliphatic carbocycles. The summed E-state index contributed by atoms with van der Waals surface area (Å²) in [6.45, 7) is 1.22. The minimum Gasteiger partial charge on any atom is -0.452 e. The third kappa shape index (κ3) is 4.46. The smallest absolute Gasteiger partial charge is 0.338 e. The van der Waals surface area contributed by atoms with E-state index in [-0.39, 0.29) is 18.4 Å². The summed E-state index contributed by atoms with van der Waals surface area (Å²) in [4.78, 5) is 23.2. The second-order valence-electron chi connectivity index (χ2n) is 5.35. The Morgan fingerprint density at radius 1 is 1.15 bits per heavy atom. The summed E-state index contributed by atoms with van der Waals surface area (Å²) in [5, 5.41) is 11.0. The maximum atomic E-state index is 12.1. The van der Waals surface area contributed by atoms with Gasteiger partial charge in [0, 0.05) is 23.2 Å². The van der Waals surface area contributed by atoms with Crippen LogP contribution in [-0.2, 0) is 16.1 Å². The average molecular weight is 372 g/mol. The number of hydrogen-bond donors (Lipinski definition) is 1. The predicted octanol–water partition coefficient (Wildman–Crippen LogP) is 3.71. The van der Waals surface area contributed by atoms with Crippen molar-refractivity contribution < 1.29 is 18.7 Å². The number of halogens is 1. The van der Waals surface area contributed by atoms with Gasteiger partial charge in [0.2, 0.25) is 11.8 Å². The molecule has 0 unspecified atom stereocenters. The number of aromatic nitrogens is 2. The lowest BCUT2D eigenvalue weighted by Gasteiger charge is -2.05. The highest BCUT2D eigenvalue weighted by molar-refractivity contribution is 6.30. The van der Waals surface area contributed by atoms with E-state index in [4.69, 9.17) is 20.8 Å². The van der Waals surface area contributed by atoms with Crippen LogP contribution in [-0.4, -0.2) is 22.1 Å². The largest absolute Gasteiger partial charge is 0.452 e. The molecule has 0 aliphatic heterocycles. The third-order valence-corrected chi connectivity index (χ3v) is 3.56. The molecule has 0 bridgehead atoms. The molecule has 8 heteroatoms. The number of benzene rings is 2. The van der Waals surface area contributed by atoms with E-state index >= 15 is 0 Å². The van der Waals surface area contributed by atoms with Gasteiger partial charge in [0.05, 0.1) is 5.56 Å². The standard InChI is InChI=1S/C18H14ClN3O4/c1-11(23)20-15-4-2-3-13(9-15)18(24)25-10-16-21-22-17(26-16)12-5-7-14(19)8-6-12/h2-9H,10H2,1H3,(H,20,23). The SMILES string of the molecule is CC(=O)Nc1cccc(C(=O)OCc2nnc(-c3ccc(Cl)cc3)o2)c1. The van der Waals surface area contributed by atoms with E-state index in [2.05, 4.69) is 15.5 Å². The molecular weight excluding hydrogens is 358 g/mol. The first kappa shape index (κ1) is 17.6. The summed E-state index contributed by atoms with van der Waals surface area (Å²) >= 11 is 5.84. The zero-order chi connectivity index (χ0) is 18.5. The van der Waals surface area contributed by atoms with Crippen LogP contribution in [0.3, 0.4) is 0 Å². The lowest BCUT2D eigenvalue weighted by molar-refractivity contribution is -0.114.